The molecule has 0 bridgehead atoms. The Bertz CT molecular complexity index is 629. The quantitative estimate of drug-likeness (QED) is 0.916. The number of nitrogens with one attached hydrogen (secondary N) is 1. The third kappa shape index (κ3) is 2.01. The summed E-state index contributed by atoms with van der Waals surface area (Å²) in [6.45, 7) is 5.88. The first-order valence-electron chi connectivity index (χ1n) is 7.09. The highest BCUT2D eigenvalue weighted by Gasteiger charge is 2.43. The van der Waals surface area contributed by atoms with E-state index in [1.165, 1.54) is 22.3 Å². The first kappa shape index (κ1) is 13.2. The number of anilines is 1. The zero-order chi connectivity index (χ0) is 14.2. The zero-order valence-electron chi connectivity index (χ0n) is 12.4. The Balaban J connectivity index is 2.13. The molecule has 20 heavy (non-hydrogen) atoms. The molecule has 1 aliphatic rings. The Morgan fingerprint density at radius 1 is 1.05 bits per heavy atom. The van der Waals surface area contributed by atoms with Crippen molar-refractivity contribution >= 4 is 5.69 Å². The molecule has 0 unspecified atom stereocenters. The fraction of sp³-hybridized carbons (Fsp3) is 0.333. The molecule has 2 heteroatoms. The molecule has 1 N–H and O–H groups in total. The van der Waals surface area contributed by atoms with E-state index in [-0.39, 0.29) is 5.41 Å². The van der Waals surface area contributed by atoms with Crippen LogP contribution < -0.4 is 5.32 Å². The lowest BCUT2D eigenvalue weighted by Gasteiger charge is -2.43. The second-order valence-electron chi connectivity index (χ2n) is 5.72. The van der Waals surface area contributed by atoms with Crippen molar-refractivity contribution in [1.82, 2.24) is 0 Å². The number of hydrogen-bond acceptors (Lipinski definition) is 2. The van der Waals surface area contributed by atoms with E-state index >= 15 is 0 Å². The van der Waals surface area contributed by atoms with Gasteiger partial charge >= 0.3 is 0 Å². The smallest absolute Gasteiger partial charge is 0.0673 e. The van der Waals surface area contributed by atoms with Gasteiger partial charge in [0, 0.05) is 12.7 Å². The molecule has 0 atom stereocenters. The Morgan fingerprint density at radius 2 is 1.85 bits per heavy atom. The maximum Gasteiger partial charge on any atom is 0.0673 e. The minimum atomic E-state index is 0.0168. The van der Waals surface area contributed by atoms with Crippen molar-refractivity contribution in [3.05, 3.63) is 64.7 Å². The molecule has 3 rings (SSSR count). The van der Waals surface area contributed by atoms with E-state index in [1.807, 2.05) is 7.05 Å². The second kappa shape index (κ2) is 4.95. The molecule has 2 nitrogen and oxygen atoms in total. The first-order chi connectivity index (χ1) is 9.65. The van der Waals surface area contributed by atoms with Crippen molar-refractivity contribution < 1.29 is 4.74 Å². The van der Waals surface area contributed by atoms with Crippen LogP contribution in [0.2, 0.25) is 0 Å². The molecule has 2 aromatic rings. The van der Waals surface area contributed by atoms with Gasteiger partial charge in [-0.05, 0) is 42.7 Å². The van der Waals surface area contributed by atoms with E-state index in [4.69, 9.17) is 4.74 Å². The number of aryl methyl sites for hydroxylation is 2. The van der Waals surface area contributed by atoms with Gasteiger partial charge in [0.05, 0.1) is 18.6 Å². The fourth-order valence-electron chi connectivity index (χ4n) is 3.01. The van der Waals surface area contributed by atoms with Crippen LogP contribution in [0.25, 0.3) is 0 Å². The molecule has 0 spiro atoms. The average molecular weight is 267 g/mol. The summed E-state index contributed by atoms with van der Waals surface area (Å²) < 4.78 is 5.60. The van der Waals surface area contributed by atoms with Crippen LogP contribution in [0.15, 0.2) is 42.5 Å². The number of benzene rings is 2. The van der Waals surface area contributed by atoms with Gasteiger partial charge in [-0.2, -0.15) is 0 Å². The van der Waals surface area contributed by atoms with Gasteiger partial charge in [0.15, 0.2) is 0 Å². The molecular formula is C18H21NO. The maximum atomic E-state index is 5.60. The number of hydrogen-bond donors (Lipinski definition) is 1. The van der Waals surface area contributed by atoms with Gasteiger partial charge in [0.2, 0.25) is 0 Å². The first-order valence-corrected chi connectivity index (χ1v) is 7.09. The van der Waals surface area contributed by atoms with E-state index in [0.717, 1.165) is 18.9 Å². The molecule has 1 aliphatic heterocycles. The SMILES string of the molecule is CNc1cccc(C2(c3cc(C)ccc3C)COC2)c1. The van der Waals surface area contributed by atoms with Crippen LogP contribution >= 0.6 is 0 Å². The highest BCUT2D eigenvalue weighted by atomic mass is 16.5. The largest absolute Gasteiger partial charge is 0.388 e. The third-order valence-corrected chi connectivity index (χ3v) is 4.31. The van der Waals surface area contributed by atoms with Gasteiger partial charge in [0.25, 0.3) is 0 Å². The number of rotatable bonds is 3. The molecule has 1 saturated heterocycles. The van der Waals surface area contributed by atoms with Crippen LogP contribution in [0.5, 0.6) is 0 Å². The normalized spacial score (nSPS) is 16.6. The molecule has 1 fully saturated rings. The van der Waals surface area contributed by atoms with Crippen molar-refractivity contribution in [1.29, 1.82) is 0 Å². The second-order valence-corrected chi connectivity index (χ2v) is 5.72. The lowest BCUT2D eigenvalue weighted by atomic mass is 9.71. The van der Waals surface area contributed by atoms with Gasteiger partial charge in [0.1, 0.15) is 0 Å². The van der Waals surface area contributed by atoms with E-state index in [9.17, 15) is 0 Å². The van der Waals surface area contributed by atoms with Gasteiger partial charge in [-0.3, -0.25) is 0 Å². The Morgan fingerprint density at radius 3 is 2.50 bits per heavy atom. The summed E-state index contributed by atoms with van der Waals surface area (Å²) in [5, 5.41) is 3.22. The molecule has 0 saturated carbocycles. The van der Waals surface area contributed by atoms with Crippen molar-refractivity contribution in [2.75, 3.05) is 25.6 Å². The van der Waals surface area contributed by atoms with E-state index in [1.54, 1.807) is 0 Å². The van der Waals surface area contributed by atoms with Gasteiger partial charge in [-0.1, -0.05) is 35.9 Å². The minimum absolute atomic E-state index is 0.0168. The van der Waals surface area contributed by atoms with Crippen molar-refractivity contribution in [3.8, 4) is 0 Å². The Hall–Kier alpha value is -1.80. The highest BCUT2D eigenvalue weighted by Crippen LogP contribution is 2.41. The molecule has 104 valence electrons. The van der Waals surface area contributed by atoms with E-state index in [2.05, 4.69) is 61.6 Å². The zero-order valence-corrected chi connectivity index (χ0v) is 12.4. The van der Waals surface area contributed by atoms with Crippen LogP contribution in [-0.4, -0.2) is 20.3 Å². The molecule has 0 aromatic heterocycles. The summed E-state index contributed by atoms with van der Waals surface area (Å²) in [7, 11) is 1.96. The van der Waals surface area contributed by atoms with E-state index in [0.29, 0.717) is 0 Å². The van der Waals surface area contributed by atoms with Gasteiger partial charge in [-0.25, -0.2) is 0 Å². The monoisotopic (exact) mass is 267 g/mol. The lowest BCUT2D eigenvalue weighted by molar-refractivity contribution is -0.0382. The summed E-state index contributed by atoms with van der Waals surface area (Å²) in [4.78, 5) is 0. The summed E-state index contributed by atoms with van der Waals surface area (Å²) in [6.07, 6.45) is 0. The van der Waals surface area contributed by atoms with Crippen molar-refractivity contribution in [2.45, 2.75) is 19.3 Å². The van der Waals surface area contributed by atoms with Crippen LogP contribution in [0.4, 0.5) is 5.69 Å². The van der Waals surface area contributed by atoms with Crippen LogP contribution in [-0.2, 0) is 10.2 Å². The molecule has 2 aromatic carbocycles. The van der Waals surface area contributed by atoms with E-state index < -0.39 is 0 Å². The van der Waals surface area contributed by atoms with Gasteiger partial charge in [-0.15, -0.1) is 0 Å². The number of ether oxygens (including phenoxy) is 1. The molecule has 0 amide bonds. The standard InChI is InChI=1S/C18H21NO/c1-13-7-8-14(2)17(9-13)18(11-20-12-18)15-5-4-6-16(10-15)19-3/h4-10,19H,11-12H2,1-3H3. The lowest BCUT2D eigenvalue weighted by Crippen LogP contribution is -2.48. The molecular weight excluding hydrogens is 246 g/mol. The van der Waals surface area contributed by atoms with Crippen molar-refractivity contribution in [3.63, 3.8) is 0 Å². The average Bonchev–Trinajstić information content (AvgIpc) is 2.42. The minimum Gasteiger partial charge on any atom is -0.388 e. The van der Waals surface area contributed by atoms with Crippen LogP contribution in [0.1, 0.15) is 22.3 Å². The summed E-state index contributed by atoms with van der Waals surface area (Å²) in [6, 6.07) is 15.4. The summed E-state index contributed by atoms with van der Waals surface area (Å²) >= 11 is 0. The maximum absolute atomic E-state index is 5.60. The molecule has 0 radical (unpaired) electrons. The fourth-order valence-corrected chi connectivity index (χ4v) is 3.01. The predicted octanol–water partition coefficient (Wildman–Crippen LogP) is 3.66. The van der Waals surface area contributed by atoms with Gasteiger partial charge < -0.3 is 10.1 Å². The third-order valence-electron chi connectivity index (χ3n) is 4.31. The highest BCUT2D eigenvalue weighted by molar-refractivity contribution is 5.53. The van der Waals surface area contributed by atoms with Crippen LogP contribution in [0.3, 0.4) is 0 Å². The Kier molecular flexibility index (Phi) is 3.27. The van der Waals surface area contributed by atoms with Crippen molar-refractivity contribution in [2.24, 2.45) is 0 Å². The Labute approximate surface area is 120 Å². The summed E-state index contributed by atoms with van der Waals surface area (Å²) in [5.41, 5.74) is 6.55. The molecule has 1 heterocycles. The van der Waals surface area contributed by atoms with Crippen LogP contribution in [0, 0.1) is 13.8 Å². The topological polar surface area (TPSA) is 21.3 Å². The molecule has 0 aliphatic carbocycles. The predicted molar refractivity (Wildman–Crippen MR) is 83.5 cm³/mol. The summed E-state index contributed by atoms with van der Waals surface area (Å²) in [5.74, 6) is 0.